The summed E-state index contributed by atoms with van der Waals surface area (Å²) in [4.78, 5) is 30.0. The molecule has 2 amide bonds. The highest BCUT2D eigenvalue weighted by atomic mass is 35.5. The van der Waals surface area contributed by atoms with Crippen LogP contribution in [-0.4, -0.2) is 54.7 Å². The summed E-state index contributed by atoms with van der Waals surface area (Å²) in [6, 6.07) is 23.2. The first-order chi connectivity index (χ1) is 17.1. The number of para-hydroxylation sites is 1. The van der Waals surface area contributed by atoms with Gasteiger partial charge >= 0.3 is 0 Å². The largest absolute Gasteiger partial charge is 0.371 e. The molecule has 1 fully saturated rings. The topological polar surface area (TPSA) is 64.7 Å². The van der Waals surface area contributed by atoms with Gasteiger partial charge in [0.2, 0.25) is 5.91 Å². The number of benzene rings is 3. The first-order valence-electron chi connectivity index (χ1n) is 11.7. The van der Waals surface area contributed by atoms with Crippen molar-refractivity contribution in [1.82, 2.24) is 4.90 Å². The van der Waals surface area contributed by atoms with Gasteiger partial charge < -0.3 is 20.4 Å². The molecular weight excluding hydrogens is 480 g/mol. The Labute approximate surface area is 214 Å². The van der Waals surface area contributed by atoms with Crippen molar-refractivity contribution < 1.29 is 9.59 Å². The van der Waals surface area contributed by atoms with Gasteiger partial charge in [0.25, 0.3) is 5.91 Å². The van der Waals surface area contributed by atoms with E-state index in [1.54, 1.807) is 17.8 Å². The number of halogens is 1. The maximum absolute atomic E-state index is 13.1. The molecule has 2 N–H and O–H groups in total. The molecule has 0 aromatic heterocycles. The first kappa shape index (κ1) is 23.6. The van der Waals surface area contributed by atoms with Gasteiger partial charge in [-0.3, -0.25) is 9.59 Å². The monoisotopic (exact) mass is 506 g/mol. The van der Waals surface area contributed by atoms with Crippen LogP contribution in [0.15, 0.2) is 72.8 Å². The van der Waals surface area contributed by atoms with Gasteiger partial charge in [0, 0.05) is 54.0 Å². The molecule has 6 nitrogen and oxygen atoms in total. The molecule has 0 aliphatic carbocycles. The van der Waals surface area contributed by atoms with E-state index >= 15 is 0 Å². The second-order valence-electron chi connectivity index (χ2n) is 8.67. The summed E-state index contributed by atoms with van der Waals surface area (Å²) in [5.41, 5.74) is 4.31. The van der Waals surface area contributed by atoms with Crippen molar-refractivity contribution in [2.24, 2.45) is 0 Å². The molecule has 35 heavy (non-hydrogen) atoms. The fraction of sp³-hybridized carbons (Fsp3) is 0.259. The van der Waals surface area contributed by atoms with Crippen molar-refractivity contribution >= 4 is 52.2 Å². The molecule has 1 saturated heterocycles. The standard InChI is InChI=1S/C27H27ClN4O2S/c28-22-9-5-4-6-20(22)17-35-18-25-26(33)30-24-16-19(10-11-23(24)29-25)27(34)32-14-12-31(13-15-32)21-7-2-1-3-8-21/h1-11,16,25,29H,12-15,17-18H2,(H,30,33)/t25-/m0/s1. The van der Waals surface area contributed by atoms with Gasteiger partial charge in [-0.25, -0.2) is 0 Å². The lowest BCUT2D eigenvalue weighted by molar-refractivity contribution is -0.116. The van der Waals surface area contributed by atoms with Crippen LogP contribution in [-0.2, 0) is 10.5 Å². The number of fused-ring (bicyclic) bond motifs is 1. The SMILES string of the molecule is O=C1Nc2cc(C(=O)N3CCN(c4ccccc4)CC3)ccc2N[C@H]1CSCc1ccccc1Cl. The molecule has 2 aliphatic heterocycles. The lowest BCUT2D eigenvalue weighted by Gasteiger charge is -2.36. The molecule has 2 heterocycles. The Kier molecular flexibility index (Phi) is 7.16. The molecule has 1 atom stereocenters. The minimum absolute atomic E-state index is 0.00724. The zero-order valence-corrected chi connectivity index (χ0v) is 20.8. The number of thioether (sulfide) groups is 1. The molecule has 0 spiro atoms. The summed E-state index contributed by atoms with van der Waals surface area (Å²) in [5.74, 6) is 1.25. The molecule has 3 aromatic rings. The summed E-state index contributed by atoms with van der Waals surface area (Å²) in [6.45, 7) is 2.93. The number of hydrogen-bond donors (Lipinski definition) is 2. The Balaban J connectivity index is 1.17. The Morgan fingerprint density at radius 1 is 0.943 bits per heavy atom. The molecular formula is C27H27ClN4O2S. The Hall–Kier alpha value is -3.16. The van der Waals surface area contributed by atoms with Crippen molar-refractivity contribution in [2.45, 2.75) is 11.8 Å². The predicted octanol–water partition coefficient (Wildman–Crippen LogP) is 4.97. The van der Waals surface area contributed by atoms with Gasteiger partial charge in [-0.2, -0.15) is 11.8 Å². The predicted molar refractivity (Wildman–Crippen MR) is 145 cm³/mol. The fourth-order valence-corrected chi connectivity index (χ4v) is 5.73. The first-order valence-corrected chi connectivity index (χ1v) is 13.2. The van der Waals surface area contributed by atoms with Gasteiger partial charge in [0.1, 0.15) is 6.04 Å². The van der Waals surface area contributed by atoms with E-state index in [1.807, 2.05) is 59.5 Å². The third-order valence-corrected chi connectivity index (χ3v) is 7.81. The van der Waals surface area contributed by atoms with Crippen molar-refractivity contribution in [2.75, 3.05) is 47.5 Å². The van der Waals surface area contributed by atoms with Crippen molar-refractivity contribution in [3.8, 4) is 0 Å². The smallest absolute Gasteiger partial charge is 0.254 e. The second-order valence-corrected chi connectivity index (χ2v) is 10.1. The molecule has 0 saturated carbocycles. The molecule has 0 unspecified atom stereocenters. The summed E-state index contributed by atoms with van der Waals surface area (Å²) in [5, 5.41) is 7.04. The van der Waals surface area contributed by atoms with Gasteiger partial charge in [-0.05, 0) is 42.0 Å². The van der Waals surface area contributed by atoms with Crippen LogP contribution in [0.1, 0.15) is 15.9 Å². The van der Waals surface area contributed by atoms with Crippen LogP contribution in [0.5, 0.6) is 0 Å². The highest BCUT2D eigenvalue weighted by Gasteiger charge is 2.28. The van der Waals surface area contributed by atoms with Crippen LogP contribution < -0.4 is 15.5 Å². The van der Waals surface area contributed by atoms with Gasteiger partial charge in [-0.1, -0.05) is 48.0 Å². The van der Waals surface area contributed by atoms with E-state index in [4.69, 9.17) is 11.6 Å². The Bertz CT molecular complexity index is 1210. The summed E-state index contributed by atoms with van der Waals surface area (Å²) in [7, 11) is 0. The molecule has 180 valence electrons. The number of nitrogens with one attached hydrogen (secondary N) is 2. The summed E-state index contributed by atoms with van der Waals surface area (Å²) in [6.07, 6.45) is 0. The number of carbonyl (C=O) groups excluding carboxylic acids is 2. The van der Waals surface area contributed by atoms with Crippen LogP contribution in [0.2, 0.25) is 5.02 Å². The number of hydrogen-bond acceptors (Lipinski definition) is 5. The van der Waals surface area contributed by atoms with Crippen LogP contribution in [0.3, 0.4) is 0 Å². The van der Waals surface area contributed by atoms with E-state index < -0.39 is 0 Å². The van der Waals surface area contributed by atoms with E-state index in [0.717, 1.165) is 35.1 Å². The number of nitrogens with zero attached hydrogens (tertiary/aromatic N) is 2. The fourth-order valence-electron chi connectivity index (χ4n) is 4.39. The third-order valence-electron chi connectivity index (χ3n) is 6.36. The highest BCUT2D eigenvalue weighted by Crippen LogP contribution is 2.30. The molecule has 3 aromatic carbocycles. The van der Waals surface area contributed by atoms with E-state index in [9.17, 15) is 9.59 Å². The normalized spacial score (nSPS) is 17.4. The molecule has 0 radical (unpaired) electrons. The number of carbonyl (C=O) groups is 2. The number of anilines is 3. The Morgan fingerprint density at radius 2 is 1.69 bits per heavy atom. The van der Waals surface area contributed by atoms with Crippen molar-refractivity contribution in [3.05, 3.63) is 88.9 Å². The zero-order valence-electron chi connectivity index (χ0n) is 19.2. The second kappa shape index (κ2) is 10.6. The third kappa shape index (κ3) is 5.41. The molecule has 2 aliphatic rings. The van der Waals surface area contributed by atoms with E-state index in [2.05, 4.69) is 27.7 Å². The minimum atomic E-state index is -0.345. The maximum Gasteiger partial charge on any atom is 0.254 e. The van der Waals surface area contributed by atoms with Crippen molar-refractivity contribution in [1.29, 1.82) is 0 Å². The average molecular weight is 507 g/mol. The van der Waals surface area contributed by atoms with E-state index in [0.29, 0.717) is 30.1 Å². The molecule has 0 bridgehead atoms. The van der Waals surface area contributed by atoms with E-state index in [1.165, 1.54) is 5.69 Å². The Morgan fingerprint density at radius 3 is 2.46 bits per heavy atom. The van der Waals surface area contributed by atoms with Gasteiger partial charge in [0.05, 0.1) is 11.4 Å². The molecule has 5 rings (SSSR count). The number of rotatable bonds is 6. The van der Waals surface area contributed by atoms with Gasteiger partial charge in [0.15, 0.2) is 0 Å². The van der Waals surface area contributed by atoms with Gasteiger partial charge in [-0.15, -0.1) is 0 Å². The van der Waals surface area contributed by atoms with Crippen LogP contribution in [0.4, 0.5) is 17.1 Å². The van der Waals surface area contributed by atoms with E-state index in [-0.39, 0.29) is 17.9 Å². The number of piperazine rings is 1. The lowest BCUT2D eigenvalue weighted by atomic mass is 10.1. The number of amides is 2. The summed E-state index contributed by atoms with van der Waals surface area (Å²) < 4.78 is 0. The van der Waals surface area contributed by atoms with Crippen LogP contribution in [0, 0.1) is 0 Å². The quantitative estimate of drug-likeness (QED) is 0.494. The highest BCUT2D eigenvalue weighted by molar-refractivity contribution is 7.98. The zero-order chi connectivity index (χ0) is 24.2. The minimum Gasteiger partial charge on any atom is -0.371 e. The molecule has 8 heteroatoms. The lowest BCUT2D eigenvalue weighted by Crippen LogP contribution is -2.48. The summed E-state index contributed by atoms with van der Waals surface area (Å²) >= 11 is 7.89. The average Bonchev–Trinajstić information content (AvgIpc) is 2.90. The van der Waals surface area contributed by atoms with Crippen LogP contribution >= 0.6 is 23.4 Å². The van der Waals surface area contributed by atoms with Crippen LogP contribution in [0.25, 0.3) is 0 Å². The van der Waals surface area contributed by atoms with Crippen molar-refractivity contribution in [3.63, 3.8) is 0 Å². The maximum atomic E-state index is 13.1.